The van der Waals surface area contributed by atoms with E-state index in [9.17, 15) is 4.39 Å². The Morgan fingerprint density at radius 2 is 1.78 bits per heavy atom. The van der Waals surface area contributed by atoms with E-state index in [1.807, 2.05) is 6.07 Å². The van der Waals surface area contributed by atoms with Gasteiger partial charge in [-0.25, -0.2) is 4.39 Å². The Bertz CT molecular complexity index is 672. The van der Waals surface area contributed by atoms with Crippen LogP contribution in [-0.4, -0.2) is 9.04 Å². The number of hydrogen-bond donors (Lipinski definition) is 0. The molecule has 0 bridgehead atoms. The lowest BCUT2D eigenvalue weighted by Crippen LogP contribution is -2.13. The third-order valence-electron chi connectivity index (χ3n) is 3.72. The number of benzene rings is 2. The highest BCUT2D eigenvalue weighted by Crippen LogP contribution is 2.32. The largest absolute Gasteiger partial charge is 0.416 e. The first-order valence-corrected chi connectivity index (χ1v) is 11.5. The maximum absolute atomic E-state index is 13.8. The minimum absolute atomic E-state index is 0.0745. The highest BCUT2D eigenvalue weighted by Gasteiger charge is 2.17. The van der Waals surface area contributed by atoms with Crippen LogP contribution in [0.1, 0.15) is 31.9 Å². The first-order chi connectivity index (χ1) is 10.7. The molecule has 2 aromatic carbocycles. The lowest BCUT2D eigenvalue weighted by atomic mass is 9.84. The van der Waals surface area contributed by atoms with E-state index in [4.69, 9.17) is 4.43 Å². The maximum atomic E-state index is 13.8. The molecule has 0 radical (unpaired) electrons. The van der Waals surface area contributed by atoms with Gasteiger partial charge in [-0.05, 0) is 59.0 Å². The second-order valence-electron chi connectivity index (χ2n) is 7.14. The Morgan fingerprint density at radius 1 is 1.09 bits per heavy atom. The van der Waals surface area contributed by atoms with Crippen LogP contribution in [0.4, 0.5) is 4.39 Å². The van der Waals surface area contributed by atoms with E-state index in [2.05, 4.69) is 68.0 Å². The molecule has 4 heteroatoms. The number of hydrogen-bond acceptors (Lipinski definition) is 1. The second-order valence-corrected chi connectivity index (χ2v) is 10.5. The van der Waals surface area contributed by atoms with E-state index in [1.165, 1.54) is 11.6 Å². The van der Waals surface area contributed by atoms with Crippen molar-refractivity contribution < 1.29 is 8.82 Å². The van der Waals surface area contributed by atoms with E-state index in [0.717, 1.165) is 21.2 Å². The normalized spacial score (nSPS) is 12.0. The molecular formula is C19H24BrFOSi. The Hall–Kier alpha value is -0.973. The fourth-order valence-electron chi connectivity index (χ4n) is 2.43. The van der Waals surface area contributed by atoms with Crippen molar-refractivity contribution in [3.8, 4) is 11.1 Å². The molecule has 1 nitrogen and oxygen atoms in total. The van der Waals surface area contributed by atoms with Crippen LogP contribution in [0.15, 0.2) is 40.9 Å². The van der Waals surface area contributed by atoms with E-state index in [-0.39, 0.29) is 11.2 Å². The summed E-state index contributed by atoms with van der Waals surface area (Å²) in [6.07, 6.45) is 0. The summed E-state index contributed by atoms with van der Waals surface area (Å²) in [6, 6.07) is 11.4. The fourth-order valence-corrected chi connectivity index (χ4v) is 3.41. The Balaban J connectivity index is 2.52. The van der Waals surface area contributed by atoms with Crippen LogP contribution < -0.4 is 0 Å². The Kier molecular flexibility index (Phi) is 5.82. The fraction of sp³-hybridized carbons (Fsp3) is 0.368. The molecule has 124 valence electrons. The van der Waals surface area contributed by atoms with E-state index < -0.39 is 9.04 Å². The van der Waals surface area contributed by atoms with Gasteiger partial charge in [0.15, 0.2) is 9.04 Å². The molecule has 0 atom stereocenters. The van der Waals surface area contributed by atoms with Gasteiger partial charge in [-0.3, -0.25) is 0 Å². The van der Waals surface area contributed by atoms with Crippen molar-refractivity contribution in [3.63, 3.8) is 0 Å². The molecule has 2 aromatic rings. The van der Waals surface area contributed by atoms with Crippen molar-refractivity contribution >= 4 is 25.0 Å². The maximum Gasteiger partial charge on any atom is 0.171 e. The van der Waals surface area contributed by atoms with Gasteiger partial charge < -0.3 is 4.43 Å². The van der Waals surface area contributed by atoms with Crippen molar-refractivity contribution in [3.05, 3.63) is 57.8 Å². The van der Waals surface area contributed by atoms with E-state index in [1.54, 1.807) is 6.07 Å². The summed E-state index contributed by atoms with van der Waals surface area (Å²) >= 11 is 3.38. The quantitative estimate of drug-likeness (QED) is 0.573. The van der Waals surface area contributed by atoms with Gasteiger partial charge in [0.05, 0.1) is 6.61 Å². The van der Waals surface area contributed by atoms with Gasteiger partial charge in [0.2, 0.25) is 0 Å². The van der Waals surface area contributed by atoms with Gasteiger partial charge in [0.1, 0.15) is 5.82 Å². The Morgan fingerprint density at radius 3 is 2.35 bits per heavy atom. The van der Waals surface area contributed by atoms with Crippen LogP contribution in [0.25, 0.3) is 11.1 Å². The predicted molar refractivity (Wildman–Crippen MR) is 102 cm³/mol. The summed E-state index contributed by atoms with van der Waals surface area (Å²) < 4.78 is 20.5. The molecule has 0 aliphatic rings. The lowest BCUT2D eigenvalue weighted by molar-refractivity contribution is 0.315. The molecule has 0 saturated heterocycles. The third-order valence-corrected chi connectivity index (χ3v) is 5.01. The van der Waals surface area contributed by atoms with Crippen molar-refractivity contribution in [1.29, 1.82) is 0 Å². The average Bonchev–Trinajstić information content (AvgIpc) is 2.42. The minimum Gasteiger partial charge on any atom is -0.416 e. The standard InChI is InChI=1S/C19H24BrFOSi/c1-19(2,3)15-6-7-18(14(8-15)12-22-23(4)5)13-9-16(20)11-17(21)10-13/h6-11,23H,12H2,1-5H3. The molecule has 0 aliphatic carbocycles. The van der Waals surface area contributed by atoms with Gasteiger partial charge >= 0.3 is 0 Å². The SMILES string of the molecule is C[SiH](C)OCc1cc(C(C)(C)C)ccc1-c1cc(F)cc(Br)c1. The monoisotopic (exact) mass is 394 g/mol. The molecular weight excluding hydrogens is 371 g/mol. The molecule has 0 fully saturated rings. The summed E-state index contributed by atoms with van der Waals surface area (Å²) in [6.45, 7) is 11.5. The summed E-state index contributed by atoms with van der Waals surface area (Å²) in [4.78, 5) is 0. The summed E-state index contributed by atoms with van der Waals surface area (Å²) in [5, 5.41) is 0. The zero-order valence-corrected chi connectivity index (χ0v) is 17.2. The molecule has 0 amide bonds. The number of halogens is 2. The number of rotatable bonds is 4. The first kappa shape index (κ1) is 18.4. The van der Waals surface area contributed by atoms with Crippen LogP contribution in [0, 0.1) is 5.82 Å². The van der Waals surface area contributed by atoms with Gasteiger partial charge in [-0.2, -0.15) is 0 Å². The van der Waals surface area contributed by atoms with Crippen LogP contribution in [0.3, 0.4) is 0 Å². The molecule has 0 aromatic heterocycles. The van der Waals surface area contributed by atoms with Crippen LogP contribution in [0.5, 0.6) is 0 Å². The molecule has 0 unspecified atom stereocenters. The van der Waals surface area contributed by atoms with Gasteiger partial charge in [0, 0.05) is 4.47 Å². The predicted octanol–water partition coefficient (Wildman–Crippen LogP) is 6.05. The molecule has 0 spiro atoms. The zero-order valence-electron chi connectivity index (χ0n) is 14.4. The highest BCUT2D eigenvalue weighted by atomic mass is 79.9. The first-order valence-electron chi connectivity index (χ1n) is 7.88. The molecule has 0 aliphatic heterocycles. The third kappa shape index (κ3) is 5.00. The van der Waals surface area contributed by atoms with Crippen molar-refractivity contribution in [2.45, 2.75) is 45.9 Å². The van der Waals surface area contributed by atoms with Crippen LogP contribution in [0.2, 0.25) is 13.1 Å². The molecule has 0 heterocycles. The van der Waals surface area contributed by atoms with Crippen LogP contribution in [-0.2, 0) is 16.4 Å². The highest BCUT2D eigenvalue weighted by molar-refractivity contribution is 9.10. The average molecular weight is 395 g/mol. The van der Waals surface area contributed by atoms with E-state index >= 15 is 0 Å². The summed E-state index contributed by atoms with van der Waals surface area (Å²) in [7, 11) is -1.12. The van der Waals surface area contributed by atoms with Crippen molar-refractivity contribution in [2.75, 3.05) is 0 Å². The second kappa shape index (κ2) is 7.28. The van der Waals surface area contributed by atoms with E-state index in [0.29, 0.717) is 6.61 Å². The minimum atomic E-state index is -1.12. The van der Waals surface area contributed by atoms with Crippen molar-refractivity contribution in [2.24, 2.45) is 0 Å². The zero-order chi connectivity index (χ0) is 17.2. The summed E-state index contributed by atoms with van der Waals surface area (Å²) in [5.74, 6) is -0.237. The lowest BCUT2D eigenvalue weighted by Gasteiger charge is -2.22. The summed E-state index contributed by atoms with van der Waals surface area (Å²) in [5.41, 5.74) is 4.37. The smallest absolute Gasteiger partial charge is 0.171 e. The molecule has 23 heavy (non-hydrogen) atoms. The molecule has 0 saturated carbocycles. The molecule has 0 N–H and O–H groups in total. The van der Waals surface area contributed by atoms with Gasteiger partial charge in [0.25, 0.3) is 0 Å². The van der Waals surface area contributed by atoms with Gasteiger partial charge in [-0.15, -0.1) is 0 Å². The topological polar surface area (TPSA) is 9.23 Å². The van der Waals surface area contributed by atoms with Crippen LogP contribution >= 0.6 is 15.9 Å². The van der Waals surface area contributed by atoms with Gasteiger partial charge in [-0.1, -0.05) is 54.9 Å². The Labute approximate surface area is 148 Å². The molecule has 2 rings (SSSR count). The van der Waals surface area contributed by atoms with Crippen molar-refractivity contribution in [1.82, 2.24) is 0 Å².